The molecule has 0 rings (SSSR count). The van der Waals surface area contributed by atoms with Crippen molar-refractivity contribution in [2.75, 3.05) is 6.61 Å². The molecule has 0 aromatic carbocycles. The van der Waals surface area contributed by atoms with Crippen molar-refractivity contribution in [2.24, 2.45) is 5.73 Å². The molecule has 1 unspecified atom stereocenters. The van der Waals surface area contributed by atoms with E-state index >= 15 is 0 Å². The van der Waals surface area contributed by atoms with Gasteiger partial charge in [0.05, 0.1) is 18.3 Å². The van der Waals surface area contributed by atoms with Crippen LogP contribution in [0.3, 0.4) is 0 Å². The molecule has 2 N–H and O–H groups in total. The van der Waals surface area contributed by atoms with Crippen molar-refractivity contribution in [1.29, 1.82) is 5.26 Å². The molecule has 3 heteroatoms. The Morgan fingerprint density at radius 3 is 2.55 bits per heavy atom. The van der Waals surface area contributed by atoms with Crippen LogP contribution in [0.15, 0.2) is 0 Å². The third kappa shape index (κ3) is 4.77. The fourth-order valence-electron chi connectivity index (χ4n) is 0.455. The second-order valence-electron chi connectivity index (χ2n) is 3.16. The molecule has 0 aromatic rings. The number of ether oxygens (including phenoxy) is 1. The van der Waals surface area contributed by atoms with Crippen LogP contribution in [0.1, 0.15) is 27.2 Å². The fraction of sp³-hybridized carbons (Fsp3) is 0.875. The second-order valence-corrected chi connectivity index (χ2v) is 3.16. The van der Waals surface area contributed by atoms with E-state index in [0.29, 0.717) is 6.61 Å². The smallest absolute Gasteiger partial charge is 0.116 e. The maximum Gasteiger partial charge on any atom is 0.116 e. The molecule has 0 bridgehead atoms. The lowest BCUT2D eigenvalue weighted by molar-refractivity contribution is -0.0214. The Morgan fingerprint density at radius 1 is 1.64 bits per heavy atom. The monoisotopic (exact) mass is 156 g/mol. The first-order chi connectivity index (χ1) is 5.02. The highest BCUT2D eigenvalue weighted by Crippen LogP contribution is 2.12. The fourth-order valence-corrected chi connectivity index (χ4v) is 0.455. The average molecular weight is 156 g/mol. The molecule has 0 aliphatic heterocycles. The van der Waals surface area contributed by atoms with E-state index in [0.717, 1.165) is 6.42 Å². The summed E-state index contributed by atoms with van der Waals surface area (Å²) in [5, 5.41) is 8.35. The lowest BCUT2D eigenvalue weighted by Crippen LogP contribution is -2.32. The van der Waals surface area contributed by atoms with Gasteiger partial charge in [-0.25, -0.2) is 0 Å². The van der Waals surface area contributed by atoms with Gasteiger partial charge in [0.1, 0.15) is 6.04 Å². The Bertz CT molecular complexity index is 149. The molecule has 0 amide bonds. The highest BCUT2D eigenvalue weighted by atomic mass is 16.5. The molecule has 0 saturated heterocycles. The van der Waals surface area contributed by atoms with Gasteiger partial charge < -0.3 is 10.5 Å². The number of hydrogen-bond acceptors (Lipinski definition) is 3. The van der Waals surface area contributed by atoms with Crippen molar-refractivity contribution >= 4 is 0 Å². The van der Waals surface area contributed by atoms with Crippen molar-refractivity contribution in [3.8, 4) is 6.07 Å². The van der Waals surface area contributed by atoms with Crippen molar-refractivity contribution in [1.82, 2.24) is 0 Å². The molecular weight excluding hydrogens is 140 g/mol. The lowest BCUT2D eigenvalue weighted by atomic mass is 10.1. The first-order valence-electron chi connectivity index (χ1n) is 3.81. The Kier molecular flexibility index (Phi) is 4.09. The summed E-state index contributed by atoms with van der Waals surface area (Å²) in [5.41, 5.74) is 5.19. The number of nitrogens with two attached hydrogens (primary N) is 1. The molecule has 0 spiro atoms. The van der Waals surface area contributed by atoms with Crippen LogP contribution in [0.25, 0.3) is 0 Å². The molecule has 0 aliphatic carbocycles. The molecular formula is C8H16N2O. The van der Waals surface area contributed by atoms with E-state index in [9.17, 15) is 0 Å². The van der Waals surface area contributed by atoms with Gasteiger partial charge in [-0.05, 0) is 20.3 Å². The third-order valence-electron chi connectivity index (χ3n) is 1.67. The molecule has 0 fully saturated rings. The van der Waals surface area contributed by atoms with Gasteiger partial charge in [-0.2, -0.15) is 5.26 Å². The zero-order valence-electron chi connectivity index (χ0n) is 7.42. The van der Waals surface area contributed by atoms with E-state index in [1.165, 1.54) is 0 Å². The van der Waals surface area contributed by atoms with Crippen LogP contribution >= 0.6 is 0 Å². The summed E-state index contributed by atoms with van der Waals surface area (Å²) in [6, 6.07) is 1.42. The van der Waals surface area contributed by atoms with Gasteiger partial charge in [0.25, 0.3) is 0 Å². The van der Waals surface area contributed by atoms with Crippen LogP contribution in [0.2, 0.25) is 0 Å². The normalized spacial score (nSPS) is 14.1. The van der Waals surface area contributed by atoms with Gasteiger partial charge >= 0.3 is 0 Å². The maximum atomic E-state index is 8.35. The summed E-state index contributed by atoms with van der Waals surface area (Å²) >= 11 is 0. The van der Waals surface area contributed by atoms with Crippen LogP contribution in [0, 0.1) is 11.3 Å². The largest absolute Gasteiger partial charge is 0.373 e. The Balaban J connectivity index is 3.63. The number of nitriles is 1. The molecule has 1 atom stereocenters. The third-order valence-corrected chi connectivity index (χ3v) is 1.67. The van der Waals surface area contributed by atoms with E-state index in [2.05, 4.69) is 0 Å². The molecule has 11 heavy (non-hydrogen) atoms. The SMILES string of the molecule is CCC(C)(C)OCC(N)C#N. The summed E-state index contributed by atoms with van der Waals surface area (Å²) in [6.45, 7) is 6.32. The van der Waals surface area contributed by atoms with E-state index < -0.39 is 6.04 Å². The first-order valence-corrected chi connectivity index (χ1v) is 3.81. The zero-order valence-corrected chi connectivity index (χ0v) is 7.42. The Labute approximate surface area is 68.1 Å². The van der Waals surface area contributed by atoms with Gasteiger partial charge in [0.2, 0.25) is 0 Å². The van der Waals surface area contributed by atoms with E-state index in [1.54, 1.807) is 0 Å². The Morgan fingerprint density at radius 2 is 2.18 bits per heavy atom. The molecule has 0 aromatic heterocycles. The van der Waals surface area contributed by atoms with Gasteiger partial charge in [-0.3, -0.25) is 0 Å². The van der Waals surface area contributed by atoms with Gasteiger partial charge in [0.15, 0.2) is 0 Å². The Hall–Kier alpha value is -0.590. The molecule has 64 valence electrons. The average Bonchev–Trinajstić information content (AvgIpc) is 2.00. The predicted octanol–water partition coefficient (Wildman–Crippen LogP) is 1.04. The maximum absolute atomic E-state index is 8.35. The molecule has 0 heterocycles. The van der Waals surface area contributed by atoms with Crippen LogP contribution in [-0.4, -0.2) is 18.2 Å². The van der Waals surface area contributed by atoms with E-state index in [-0.39, 0.29) is 5.60 Å². The van der Waals surface area contributed by atoms with Crippen molar-refractivity contribution in [2.45, 2.75) is 38.8 Å². The van der Waals surface area contributed by atoms with Crippen LogP contribution in [-0.2, 0) is 4.74 Å². The predicted molar refractivity (Wildman–Crippen MR) is 43.9 cm³/mol. The second kappa shape index (κ2) is 4.32. The highest BCUT2D eigenvalue weighted by molar-refractivity contribution is 4.86. The van der Waals surface area contributed by atoms with Crippen molar-refractivity contribution < 1.29 is 4.74 Å². The molecule has 0 aliphatic rings. The number of nitrogens with zero attached hydrogens (tertiary/aromatic N) is 1. The lowest BCUT2D eigenvalue weighted by Gasteiger charge is -2.23. The quantitative estimate of drug-likeness (QED) is 0.661. The topological polar surface area (TPSA) is 59.0 Å². The summed E-state index contributed by atoms with van der Waals surface area (Å²) in [7, 11) is 0. The van der Waals surface area contributed by atoms with Crippen molar-refractivity contribution in [3.63, 3.8) is 0 Å². The summed E-state index contributed by atoms with van der Waals surface area (Å²) < 4.78 is 5.38. The summed E-state index contributed by atoms with van der Waals surface area (Å²) in [6.07, 6.45) is 0.922. The minimum absolute atomic E-state index is 0.158. The van der Waals surface area contributed by atoms with Gasteiger partial charge in [-0.15, -0.1) is 0 Å². The molecule has 0 saturated carbocycles. The van der Waals surface area contributed by atoms with Gasteiger partial charge in [0, 0.05) is 0 Å². The highest BCUT2D eigenvalue weighted by Gasteiger charge is 2.16. The van der Waals surface area contributed by atoms with Crippen LogP contribution < -0.4 is 5.73 Å². The zero-order chi connectivity index (χ0) is 8.91. The summed E-state index contributed by atoms with van der Waals surface area (Å²) in [5.74, 6) is 0. The minimum atomic E-state index is -0.499. The van der Waals surface area contributed by atoms with E-state index in [1.807, 2.05) is 26.8 Å². The standard InChI is InChI=1S/C8H16N2O/c1-4-8(2,3)11-6-7(10)5-9/h7H,4,6,10H2,1-3H3. The van der Waals surface area contributed by atoms with Crippen molar-refractivity contribution in [3.05, 3.63) is 0 Å². The van der Waals surface area contributed by atoms with Crippen LogP contribution in [0.4, 0.5) is 0 Å². The van der Waals surface area contributed by atoms with Gasteiger partial charge in [-0.1, -0.05) is 6.92 Å². The molecule has 3 nitrogen and oxygen atoms in total. The molecule has 0 radical (unpaired) electrons. The minimum Gasteiger partial charge on any atom is -0.373 e. The number of rotatable bonds is 4. The summed E-state index contributed by atoms with van der Waals surface area (Å²) in [4.78, 5) is 0. The van der Waals surface area contributed by atoms with E-state index in [4.69, 9.17) is 15.7 Å². The first kappa shape index (κ1) is 10.4. The number of hydrogen-bond donors (Lipinski definition) is 1. The van der Waals surface area contributed by atoms with Crippen LogP contribution in [0.5, 0.6) is 0 Å².